The molecule has 0 unspecified atom stereocenters. The second kappa shape index (κ2) is 7.02. The van der Waals surface area contributed by atoms with Crippen molar-refractivity contribution in [2.45, 2.75) is 18.9 Å². The van der Waals surface area contributed by atoms with Gasteiger partial charge in [-0.2, -0.15) is 0 Å². The van der Waals surface area contributed by atoms with Gasteiger partial charge in [-0.1, -0.05) is 19.1 Å². The van der Waals surface area contributed by atoms with Crippen molar-refractivity contribution in [2.75, 3.05) is 13.2 Å². The van der Waals surface area contributed by atoms with Gasteiger partial charge in [0.25, 0.3) is 6.02 Å². The molecule has 2 aliphatic heterocycles. The maximum Gasteiger partial charge on any atom is 0.283 e. The largest absolute Gasteiger partial charge is 0.491 e. The van der Waals surface area contributed by atoms with Crippen molar-refractivity contribution in [2.24, 2.45) is 10.7 Å². The molecule has 0 bridgehead atoms. The van der Waals surface area contributed by atoms with E-state index in [1.165, 1.54) is 6.07 Å². The molecule has 3 heterocycles. The number of aromatic nitrogens is 1. The predicted molar refractivity (Wildman–Crippen MR) is 110 cm³/mol. The summed E-state index contributed by atoms with van der Waals surface area (Å²) in [6.07, 6.45) is 4.29. The van der Waals surface area contributed by atoms with E-state index in [1.807, 2.05) is 37.3 Å². The Morgan fingerprint density at radius 3 is 2.73 bits per heavy atom. The molecule has 152 valence electrons. The summed E-state index contributed by atoms with van der Waals surface area (Å²) in [7, 11) is 0. The lowest BCUT2D eigenvalue weighted by Gasteiger charge is -2.34. The van der Waals surface area contributed by atoms with Crippen LogP contribution in [0, 0.1) is 5.82 Å². The van der Waals surface area contributed by atoms with Gasteiger partial charge in [-0.25, -0.2) is 9.38 Å². The van der Waals surface area contributed by atoms with Crippen LogP contribution in [0.25, 0.3) is 11.1 Å². The van der Waals surface area contributed by atoms with Gasteiger partial charge in [-0.05, 0) is 36.2 Å². The van der Waals surface area contributed by atoms with Crippen molar-refractivity contribution in [1.29, 1.82) is 0 Å². The number of ether oxygens (including phenoxy) is 3. The van der Waals surface area contributed by atoms with Crippen LogP contribution in [-0.4, -0.2) is 24.2 Å². The molecule has 2 aromatic carbocycles. The van der Waals surface area contributed by atoms with Crippen molar-refractivity contribution < 1.29 is 18.6 Å². The van der Waals surface area contributed by atoms with E-state index in [4.69, 9.17) is 19.9 Å². The number of hydrogen-bond donors (Lipinski definition) is 1. The molecule has 0 fully saturated rings. The molecular weight excluding hydrogens is 385 g/mol. The molecule has 1 aromatic heterocycles. The van der Waals surface area contributed by atoms with Crippen LogP contribution in [0.3, 0.4) is 0 Å². The minimum atomic E-state index is -0.941. The zero-order valence-electron chi connectivity index (χ0n) is 16.4. The summed E-state index contributed by atoms with van der Waals surface area (Å²) in [5, 5.41) is 0. The minimum absolute atomic E-state index is 0.0842. The molecule has 6 nitrogen and oxygen atoms in total. The van der Waals surface area contributed by atoms with Crippen molar-refractivity contribution in [3.05, 3.63) is 71.8 Å². The molecule has 3 aromatic rings. The third-order valence-electron chi connectivity index (χ3n) is 5.31. The summed E-state index contributed by atoms with van der Waals surface area (Å²) >= 11 is 0. The highest BCUT2D eigenvalue weighted by atomic mass is 19.1. The third kappa shape index (κ3) is 2.85. The minimum Gasteiger partial charge on any atom is -0.491 e. The first-order chi connectivity index (χ1) is 14.6. The Kier molecular flexibility index (Phi) is 4.31. The lowest BCUT2D eigenvalue weighted by atomic mass is 9.80. The van der Waals surface area contributed by atoms with Crippen LogP contribution in [0.4, 0.5) is 4.39 Å². The van der Waals surface area contributed by atoms with Gasteiger partial charge in [0.2, 0.25) is 0 Å². The average Bonchev–Trinajstić information content (AvgIpc) is 3.15. The van der Waals surface area contributed by atoms with Crippen molar-refractivity contribution in [3.63, 3.8) is 0 Å². The highest BCUT2D eigenvalue weighted by Crippen LogP contribution is 2.52. The summed E-state index contributed by atoms with van der Waals surface area (Å²) in [6, 6.07) is 12.7. The fourth-order valence-electron chi connectivity index (χ4n) is 3.89. The smallest absolute Gasteiger partial charge is 0.283 e. The van der Waals surface area contributed by atoms with Gasteiger partial charge < -0.3 is 19.9 Å². The summed E-state index contributed by atoms with van der Waals surface area (Å²) < 4.78 is 31.8. The molecule has 30 heavy (non-hydrogen) atoms. The molecule has 0 amide bonds. The number of aliphatic imine (C=N–C) groups is 1. The van der Waals surface area contributed by atoms with Crippen LogP contribution in [0.5, 0.6) is 17.2 Å². The first kappa shape index (κ1) is 18.4. The van der Waals surface area contributed by atoms with Gasteiger partial charge in [-0.3, -0.25) is 4.98 Å². The number of hydrogen-bond acceptors (Lipinski definition) is 6. The molecule has 1 spiro atoms. The number of nitrogens with two attached hydrogens (primary N) is 1. The summed E-state index contributed by atoms with van der Waals surface area (Å²) in [6.45, 7) is 2.57. The SMILES string of the molecule is CCCOc1cc2c(cc1F)Oc1ccc(-c3cccnc3)cc1[C@@]21COC(N)=N1. The topological polar surface area (TPSA) is 79.0 Å². The van der Waals surface area contributed by atoms with Crippen LogP contribution in [0.2, 0.25) is 0 Å². The van der Waals surface area contributed by atoms with Crippen LogP contribution in [0.15, 0.2) is 59.9 Å². The van der Waals surface area contributed by atoms with Crippen molar-refractivity contribution in [1.82, 2.24) is 4.98 Å². The lowest BCUT2D eigenvalue weighted by Crippen LogP contribution is -2.31. The molecule has 0 radical (unpaired) electrons. The van der Waals surface area contributed by atoms with Gasteiger partial charge in [0.1, 0.15) is 18.1 Å². The van der Waals surface area contributed by atoms with Crippen LogP contribution < -0.4 is 15.2 Å². The second-order valence-corrected chi connectivity index (χ2v) is 7.28. The van der Waals surface area contributed by atoms with E-state index in [1.54, 1.807) is 18.5 Å². The zero-order chi connectivity index (χ0) is 20.7. The molecule has 7 heteroatoms. The maximum atomic E-state index is 14.6. The Morgan fingerprint density at radius 1 is 1.13 bits per heavy atom. The molecule has 0 saturated carbocycles. The van der Waals surface area contributed by atoms with E-state index in [0.29, 0.717) is 23.7 Å². The van der Waals surface area contributed by atoms with Gasteiger partial charge in [0, 0.05) is 35.2 Å². The Hall–Kier alpha value is -3.61. The zero-order valence-corrected chi connectivity index (χ0v) is 16.4. The number of fused-ring (bicyclic) bond motifs is 4. The normalized spacial score (nSPS) is 18.8. The highest BCUT2D eigenvalue weighted by molar-refractivity contribution is 5.78. The molecule has 2 N–H and O–H groups in total. The van der Waals surface area contributed by atoms with E-state index in [-0.39, 0.29) is 18.4 Å². The van der Waals surface area contributed by atoms with Gasteiger partial charge in [0.05, 0.1) is 6.61 Å². The van der Waals surface area contributed by atoms with E-state index >= 15 is 0 Å². The number of rotatable bonds is 4. The summed E-state index contributed by atoms with van der Waals surface area (Å²) in [5.74, 6) is 0.633. The average molecular weight is 405 g/mol. The monoisotopic (exact) mass is 405 g/mol. The Morgan fingerprint density at radius 2 is 2.00 bits per heavy atom. The van der Waals surface area contributed by atoms with Crippen LogP contribution in [0.1, 0.15) is 24.5 Å². The number of halogens is 1. The quantitative estimate of drug-likeness (QED) is 0.697. The number of nitrogens with zero attached hydrogens (tertiary/aromatic N) is 2. The first-order valence-corrected chi connectivity index (χ1v) is 9.78. The van der Waals surface area contributed by atoms with Crippen molar-refractivity contribution in [3.8, 4) is 28.4 Å². The Labute approximate surface area is 173 Å². The number of benzene rings is 2. The molecule has 0 aliphatic carbocycles. The first-order valence-electron chi connectivity index (χ1n) is 9.78. The molecule has 1 atom stereocenters. The highest BCUT2D eigenvalue weighted by Gasteiger charge is 2.47. The van der Waals surface area contributed by atoms with E-state index < -0.39 is 11.4 Å². The van der Waals surface area contributed by atoms with Gasteiger partial charge in [-0.15, -0.1) is 0 Å². The molecule has 2 aliphatic rings. The molecular formula is C23H20FN3O3. The maximum absolute atomic E-state index is 14.6. The van der Waals surface area contributed by atoms with E-state index in [9.17, 15) is 4.39 Å². The fraction of sp³-hybridized carbons (Fsp3) is 0.217. The number of pyridine rings is 1. The van der Waals surface area contributed by atoms with E-state index in [0.717, 1.165) is 23.1 Å². The van der Waals surface area contributed by atoms with Gasteiger partial charge >= 0.3 is 0 Å². The van der Waals surface area contributed by atoms with Crippen LogP contribution in [-0.2, 0) is 10.3 Å². The molecule has 5 rings (SSSR count). The van der Waals surface area contributed by atoms with Crippen molar-refractivity contribution >= 4 is 6.02 Å². The Bertz CT molecular complexity index is 1150. The third-order valence-corrected chi connectivity index (χ3v) is 5.31. The predicted octanol–water partition coefficient (Wildman–Crippen LogP) is 4.37. The lowest BCUT2D eigenvalue weighted by molar-refractivity contribution is 0.261. The van der Waals surface area contributed by atoms with Gasteiger partial charge in [0.15, 0.2) is 17.1 Å². The fourth-order valence-corrected chi connectivity index (χ4v) is 3.89. The Balaban J connectivity index is 1.70. The molecule has 0 saturated heterocycles. The number of amidine groups is 1. The second-order valence-electron chi connectivity index (χ2n) is 7.28. The van der Waals surface area contributed by atoms with Crippen LogP contribution >= 0.6 is 0 Å². The summed E-state index contributed by atoms with van der Waals surface area (Å²) in [4.78, 5) is 8.84. The standard InChI is InChI=1S/C23H20FN3O3/c1-2-8-28-21-10-17-20(11-18(21)24)30-19-6-5-14(15-4-3-7-26-12-15)9-16(19)23(17)13-29-22(25)27-23/h3-7,9-12H,2,8,13H2,1H3,(H2,25,27)/t23-/m0/s1. The summed E-state index contributed by atoms with van der Waals surface area (Å²) in [5.41, 5.74) is 8.36. The van der Waals surface area contributed by atoms with E-state index in [2.05, 4.69) is 9.98 Å².